The molecule has 1 aromatic carbocycles. The van der Waals surface area contributed by atoms with Crippen molar-refractivity contribution in [3.63, 3.8) is 0 Å². The van der Waals surface area contributed by atoms with Gasteiger partial charge in [-0.1, -0.05) is 25.0 Å². The Hall–Kier alpha value is -2.00. The van der Waals surface area contributed by atoms with Gasteiger partial charge in [0.25, 0.3) is 5.91 Å². The molecule has 2 atom stereocenters. The molecule has 0 radical (unpaired) electrons. The van der Waals surface area contributed by atoms with E-state index < -0.39 is 44.8 Å². The lowest BCUT2D eigenvalue weighted by atomic mass is 10.2. The predicted molar refractivity (Wildman–Crippen MR) is 92.1 cm³/mol. The third kappa shape index (κ3) is 5.25. The molecule has 0 spiro atoms. The van der Waals surface area contributed by atoms with E-state index in [-0.39, 0.29) is 6.04 Å². The number of rotatable bonds is 7. The fourth-order valence-electron chi connectivity index (χ4n) is 2.73. The summed E-state index contributed by atoms with van der Waals surface area (Å²) in [5.41, 5.74) is 0. The minimum atomic E-state index is -4.24. The Bertz CT molecular complexity index is 762. The van der Waals surface area contributed by atoms with Crippen LogP contribution in [0.15, 0.2) is 29.2 Å². The number of carbonyl (C=O) groups excluding carboxylic acids is 2. The lowest BCUT2D eigenvalue weighted by molar-refractivity contribution is -0.156. The number of hydrogen-bond acceptors (Lipinski definition) is 5. The van der Waals surface area contributed by atoms with E-state index in [9.17, 15) is 22.4 Å². The summed E-state index contributed by atoms with van der Waals surface area (Å²) < 4.78 is 45.1. The molecule has 0 aliphatic heterocycles. The van der Waals surface area contributed by atoms with Crippen molar-refractivity contribution in [2.24, 2.45) is 0 Å². The molecule has 1 aliphatic rings. The molecule has 7 nitrogen and oxygen atoms in total. The average Bonchev–Trinajstić information content (AvgIpc) is 3.07. The summed E-state index contributed by atoms with van der Waals surface area (Å²) in [4.78, 5) is 23.5. The maximum absolute atomic E-state index is 13.7. The number of esters is 1. The van der Waals surface area contributed by atoms with E-state index in [1.54, 1.807) is 0 Å². The van der Waals surface area contributed by atoms with Crippen LogP contribution in [0.2, 0.25) is 0 Å². The molecular weight excluding hydrogens is 363 g/mol. The Morgan fingerprint density at radius 1 is 1.19 bits per heavy atom. The van der Waals surface area contributed by atoms with E-state index in [0.717, 1.165) is 37.8 Å². The second-order valence-corrected chi connectivity index (χ2v) is 8.02. The molecule has 144 valence electrons. The highest BCUT2D eigenvalue weighted by molar-refractivity contribution is 7.89. The first-order chi connectivity index (χ1) is 12.2. The predicted octanol–water partition coefficient (Wildman–Crippen LogP) is 1.48. The Morgan fingerprint density at radius 3 is 2.42 bits per heavy atom. The topological polar surface area (TPSA) is 102 Å². The number of halogens is 1. The highest BCUT2D eigenvalue weighted by Gasteiger charge is 2.28. The number of carbonyl (C=O) groups is 2. The number of nitrogens with one attached hydrogen (secondary N) is 2. The first-order valence-corrected chi connectivity index (χ1v) is 9.97. The summed E-state index contributed by atoms with van der Waals surface area (Å²) in [5.74, 6) is -2.27. The molecule has 0 unspecified atom stereocenters. The number of ether oxygens (including phenoxy) is 1. The summed E-state index contributed by atoms with van der Waals surface area (Å²) in [6.45, 7) is 2.68. The van der Waals surface area contributed by atoms with Gasteiger partial charge in [0.1, 0.15) is 16.8 Å². The lowest BCUT2D eigenvalue weighted by Crippen LogP contribution is -2.45. The summed E-state index contributed by atoms with van der Waals surface area (Å²) in [5, 5.41) is 2.80. The van der Waals surface area contributed by atoms with Gasteiger partial charge in [-0.05, 0) is 38.8 Å². The van der Waals surface area contributed by atoms with Gasteiger partial charge in [0.2, 0.25) is 10.0 Å². The smallest absolute Gasteiger partial charge is 0.324 e. The van der Waals surface area contributed by atoms with Crippen LogP contribution in [0.5, 0.6) is 0 Å². The second kappa shape index (κ2) is 8.59. The van der Waals surface area contributed by atoms with Gasteiger partial charge in [0.05, 0.1) is 0 Å². The number of amides is 1. The highest BCUT2D eigenvalue weighted by Crippen LogP contribution is 2.18. The lowest BCUT2D eigenvalue weighted by Gasteiger charge is -2.19. The SMILES string of the molecule is C[C@H](NS(=O)(=O)c1ccccc1F)C(=O)O[C@H](C)C(=O)NC1CCCC1. The molecule has 2 N–H and O–H groups in total. The maximum Gasteiger partial charge on any atom is 0.324 e. The first-order valence-electron chi connectivity index (χ1n) is 8.48. The monoisotopic (exact) mass is 386 g/mol. The molecule has 1 saturated carbocycles. The van der Waals surface area contributed by atoms with Crippen molar-refractivity contribution < 1.29 is 27.1 Å². The van der Waals surface area contributed by atoms with Crippen LogP contribution >= 0.6 is 0 Å². The Morgan fingerprint density at radius 2 is 1.81 bits per heavy atom. The Kier molecular flexibility index (Phi) is 6.71. The number of benzene rings is 1. The van der Waals surface area contributed by atoms with Gasteiger partial charge < -0.3 is 10.1 Å². The van der Waals surface area contributed by atoms with Crippen LogP contribution in [0.1, 0.15) is 39.5 Å². The molecule has 26 heavy (non-hydrogen) atoms. The molecule has 1 amide bonds. The van der Waals surface area contributed by atoms with Gasteiger partial charge in [0.15, 0.2) is 6.10 Å². The third-order valence-electron chi connectivity index (χ3n) is 4.18. The van der Waals surface area contributed by atoms with E-state index in [2.05, 4.69) is 10.0 Å². The van der Waals surface area contributed by atoms with Crippen LogP contribution in [0.4, 0.5) is 4.39 Å². The van der Waals surface area contributed by atoms with Crippen molar-refractivity contribution in [2.45, 2.75) is 62.6 Å². The van der Waals surface area contributed by atoms with Crippen LogP contribution in [-0.2, 0) is 24.3 Å². The zero-order valence-electron chi connectivity index (χ0n) is 14.7. The van der Waals surface area contributed by atoms with E-state index in [4.69, 9.17) is 4.74 Å². The van der Waals surface area contributed by atoms with Gasteiger partial charge in [-0.3, -0.25) is 9.59 Å². The molecule has 0 aromatic heterocycles. The van der Waals surface area contributed by atoms with Gasteiger partial charge >= 0.3 is 5.97 Å². The summed E-state index contributed by atoms with van der Waals surface area (Å²) >= 11 is 0. The molecule has 1 aromatic rings. The van der Waals surface area contributed by atoms with Crippen LogP contribution in [-0.4, -0.2) is 38.5 Å². The van der Waals surface area contributed by atoms with Crippen molar-refractivity contribution >= 4 is 21.9 Å². The van der Waals surface area contributed by atoms with E-state index in [1.165, 1.54) is 26.0 Å². The fraction of sp³-hybridized carbons (Fsp3) is 0.529. The van der Waals surface area contributed by atoms with Crippen LogP contribution in [0.3, 0.4) is 0 Å². The third-order valence-corrected chi connectivity index (χ3v) is 5.75. The zero-order valence-corrected chi connectivity index (χ0v) is 15.5. The van der Waals surface area contributed by atoms with Crippen LogP contribution in [0, 0.1) is 5.82 Å². The fourth-order valence-corrected chi connectivity index (χ4v) is 4.00. The number of hydrogen-bond donors (Lipinski definition) is 2. The van der Waals surface area contributed by atoms with E-state index >= 15 is 0 Å². The van der Waals surface area contributed by atoms with Crippen molar-refractivity contribution in [3.05, 3.63) is 30.1 Å². The Balaban J connectivity index is 1.92. The van der Waals surface area contributed by atoms with E-state index in [1.807, 2.05) is 0 Å². The first kappa shape index (κ1) is 20.3. The minimum Gasteiger partial charge on any atom is -0.451 e. The van der Waals surface area contributed by atoms with Crippen molar-refractivity contribution in [3.8, 4) is 0 Å². The average molecular weight is 386 g/mol. The van der Waals surface area contributed by atoms with Gasteiger partial charge in [-0.15, -0.1) is 0 Å². The Labute approximate surface area is 152 Å². The summed E-state index contributed by atoms with van der Waals surface area (Å²) in [6.07, 6.45) is 2.84. The second-order valence-electron chi connectivity index (χ2n) is 6.34. The van der Waals surface area contributed by atoms with Gasteiger partial charge in [-0.25, -0.2) is 12.8 Å². The maximum atomic E-state index is 13.7. The molecular formula is C17H23FN2O5S. The quantitative estimate of drug-likeness (QED) is 0.691. The zero-order chi connectivity index (χ0) is 19.3. The largest absolute Gasteiger partial charge is 0.451 e. The number of sulfonamides is 1. The minimum absolute atomic E-state index is 0.0839. The summed E-state index contributed by atoms with van der Waals surface area (Å²) in [6, 6.07) is 3.63. The van der Waals surface area contributed by atoms with E-state index in [0.29, 0.717) is 0 Å². The normalized spacial score (nSPS) is 17.5. The molecule has 0 saturated heterocycles. The van der Waals surface area contributed by atoms with Gasteiger partial charge in [-0.2, -0.15) is 4.72 Å². The van der Waals surface area contributed by atoms with Crippen molar-refractivity contribution in [1.29, 1.82) is 0 Å². The molecule has 9 heteroatoms. The van der Waals surface area contributed by atoms with Crippen molar-refractivity contribution in [1.82, 2.24) is 10.0 Å². The molecule has 0 bridgehead atoms. The molecule has 1 fully saturated rings. The summed E-state index contributed by atoms with van der Waals surface area (Å²) in [7, 11) is -4.24. The molecule has 1 aliphatic carbocycles. The van der Waals surface area contributed by atoms with Crippen LogP contribution in [0.25, 0.3) is 0 Å². The highest BCUT2D eigenvalue weighted by atomic mass is 32.2. The van der Waals surface area contributed by atoms with Gasteiger partial charge in [0, 0.05) is 6.04 Å². The standard InChI is InChI=1S/C17H23FN2O5S/c1-11(20-26(23,24)15-10-6-5-9-14(15)18)17(22)25-12(2)16(21)19-13-7-3-4-8-13/h5-6,9-13,20H,3-4,7-8H2,1-2H3,(H,19,21)/t11-,12+/m0/s1. The molecule has 2 rings (SSSR count). The van der Waals surface area contributed by atoms with Crippen LogP contribution < -0.4 is 10.0 Å². The van der Waals surface area contributed by atoms with Crippen molar-refractivity contribution in [2.75, 3.05) is 0 Å². The molecule has 0 heterocycles.